The van der Waals surface area contributed by atoms with Crippen molar-refractivity contribution in [1.29, 1.82) is 0 Å². The molecule has 26 nitrogen and oxygen atoms in total. The van der Waals surface area contributed by atoms with Gasteiger partial charge in [-0.05, 0) is 56.3 Å². The predicted molar refractivity (Wildman–Crippen MR) is 265 cm³/mol. The number of nitrogens with one attached hydrogen (secondary N) is 1. The van der Waals surface area contributed by atoms with Crippen LogP contribution >= 0.6 is 12.4 Å². The fourth-order valence-electron chi connectivity index (χ4n) is 7.99. The zero-order valence-electron chi connectivity index (χ0n) is 40.4. The average Bonchev–Trinajstić information content (AvgIpc) is 4.09. The number of aromatic nitrogens is 9. The molecule has 2 fully saturated rings. The summed E-state index contributed by atoms with van der Waals surface area (Å²) in [4.78, 5) is 61.9. The molecule has 5 heterocycles. The number of nitrogens with two attached hydrogens (primary N) is 3. The van der Waals surface area contributed by atoms with Gasteiger partial charge in [-0.15, -0.1) is 29.0 Å². The van der Waals surface area contributed by atoms with E-state index in [-0.39, 0.29) is 69.1 Å². The Labute approximate surface area is 423 Å². The molecule has 0 spiro atoms. The normalized spacial score (nSPS) is 15.6. The highest BCUT2D eigenvalue weighted by Crippen LogP contribution is 2.25. The third-order valence-electron chi connectivity index (χ3n) is 12.0. The molecule has 4 atom stereocenters. The largest absolute Gasteiger partial charge is 0.508 e. The molecule has 72 heavy (non-hydrogen) atoms. The Balaban J connectivity index is 0.00000963. The summed E-state index contributed by atoms with van der Waals surface area (Å²) in [5.41, 5.74) is 19.9. The number of carbonyl (C=O) groups is 3. The summed E-state index contributed by atoms with van der Waals surface area (Å²) in [7, 11) is 0. The van der Waals surface area contributed by atoms with Crippen molar-refractivity contribution >= 4 is 48.0 Å². The molecule has 394 valence electrons. The number of carboxylic acid groups (broad SMARTS) is 1. The Morgan fingerprint density at radius 2 is 1.26 bits per heavy atom. The number of halogens is 1. The maximum Gasteiger partial charge on any atom is 0.303 e. The van der Waals surface area contributed by atoms with E-state index >= 15 is 0 Å². The number of hydrogen-bond acceptors (Lipinski definition) is 21. The van der Waals surface area contributed by atoms with E-state index in [2.05, 4.69) is 31.9 Å². The first kappa shape index (κ1) is 56.6. The Kier molecular flexibility index (Phi) is 23.0. The minimum Gasteiger partial charge on any atom is -0.508 e. The van der Waals surface area contributed by atoms with Gasteiger partial charge >= 0.3 is 5.97 Å². The van der Waals surface area contributed by atoms with Crippen molar-refractivity contribution in [2.75, 3.05) is 127 Å². The second-order valence-electron chi connectivity index (χ2n) is 17.1. The van der Waals surface area contributed by atoms with Crippen LogP contribution in [-0.2, 0) is 35.0 Å². The number of aliphatic hydroxyl groups excluding tert-OH is 1. The Hall–Kier alpha value is -6.31. The van der Waals surface area contributed by atoms with Crippen LogP contribution in [0.5, 0.6) is 5.75 Å². The van der Waals surface area contributed by atoms with Crippen molar-refractivity contribution in [2.24, 2.45) is 17.2 Å². The number of carbonyl (C=O) groups excluding carboxylic acids is 2. The summed E-state index contributed by atoms with van der Waals surface area (Å²) >= 11 is 0. The highest BCUT2D eigenvalue weighted by Gasteiger charge is 2.34. The first-order valence-electron chi connectivity index (χ1n) is 23.9. The number of terminal acetylenes is 1. The van der Waals surface area contributed by atoms with Crippen LogP contribution in [0.2, 0.25) is 0 Å². The molecule has 3 aromatic heterocycles. The van der Waals surface area contributed by atoms with Gasteiger partial charge in [0.1, 0.15) is 30.1 Å². The lowest BCUT2D eigenvalue weighted by Crippen LogP contribution is -2.52. The van der Waals surface area contributed by atoms with E-state index < -0.39 is 30.1 Å². The summed E-state index contributed by atoms with van der Waals surface area (Å²) in [6, 6.07) is 3.81. The maximum atomic E-state index is 14.2. The third kappa shape index (κ3) is 16.6. The first-order chi connectivity index (χ1) is 34.5. The van der Waals surface area contributed by atoms with Crippen LogP contribution in [0.15, 0.2) is 36.7 Å². The monoisotopic (exact) mass is 1030 g/mol. The molecule has 6 rings (SSSR count). The fourth-order valence-corrected chi connectivity index (χ4v) is 7.99. The highest BCUT2D eigenvalue weighted by atomic mass is 35.5. The van der Waals surface area contributed by atoms with Gasteiger partial charge in [0.15, 0.2) is 0 Å². The van der Waals surface area contributed by atoms with Gasteiger partial charge in [-0.25, -0.2) is 9.36 Å². The lowest BCUT2D eigenvalue weighted by molar-refractivity contribution is -0.139. The smallest absolute Gasteiger partial charge is 0.303 e. The number of rotatable bonds is 29. The summed E-state index contributed by atoms with van der Waals surface area (Å²) < 4.78 is 19.4. The van der Waals surface area contributed by atoms with E-state index in [1.54, 1.807) is 46.5 Å². The topological polar surface area (TPSA) is 343 Å². The number of aliphatic hydroxyl groups is 1. The lowest BCUT2D eigenvalue weighted by atomic mass is 10.0. The summed E-state index contributed by atoms with van der Waals surface area (Å²) in [6.07, 6.45) is 10.5. The van der Waals surface area contributed by atoms with Crippen molar-refractivity contribution in [3.8, 4) is 18.1 Å². The van der Waals surface area contributed by atoms with Crippen LogP contribution < -0.4 is 32.3 Å². The molecular formula is C45H68ClN17O9. The number of carboxylic acids is 1. The van der Waals surface area contributed by atoms with Gasteiger partial charge in [0.2, 0.25) is 29.7 Å². The van der Waals surface area contributed by atoms with Crippen molar-refractivity contribution in [2.45, 2.75) is 62.7 Å². The third-order valence-corrected chi connectivity index (χ3v) is 12.0. The maximum absolute atomic E-state index is 14.2. The molecule has 10 N–H and O–H groups in total. The van der Waals surface area contributed by atoms with Crippen LogP contribution in [0, 0.1) is 12.3 Å². The number of piperazine rings is 2. The number of ether oxygens (including phenoxy) is 3. The van der Waals surface area contributed by atoms with E-state index in [1.807, 2.05) is 9.80 Å². The molecule has 2 aliphatic rings. The average molecular weight is 1030 g/mol. The van der Waals surface area contributed by atoms with E-state index in [0.717, 1.165) is 12.0 Å². The van der Waals surface area contributed by atoms with E-state index in [1.165, 1.54) is 9.36 Å². The number of nitrogens with zero attached hydrogens (tertiary/aromatic N) is 13. The minimum absolute atomic E-state index is 0. The van der Waals surface area contributed by atoms with E-state index in [4.69, 9.17) is 52.8 Å². The van der Waals surface area contributed by atoms with Crippen LogP contribution in [-0.4, -0.2) is 200 Å². The van der Waals surface area contributed by atoms with E-state index in [0.29, 0.717) is 134 Å². The molecule has 2 aliphatic heterocycles. The second-order valence-corrected chi connectivity index (χ2v) is 17.1. The molecule has 1 aromatic carbocycles. The first-order valence-corrected chi connectivity index (χ1v) is 23.9. The molecular weight excluding hydrogens is 958 g/mol. The number of hydrogen-bond donors (Lipinski definition) is 7. The van der Waals surface area contributed by atoms with Gasteiger partial charge in [-0.2, -0.15) is 15.0 Å². The molecule has 2 saturated heterocycles. The lowest BCUT2D eigenvalue weighted by Gasteiger charge is -2.38. The van der Waals surface area contributed by atoms with Gasteiger partial charge in [0.25, 0.3) is 0 Å². The summed E-state index contributed by atoms with van der Waals surface area (Å²) in [5.74, 6) is 2.18. The molecule has 2 amide bonds. The molecule has 27 heteroatoms. The van der Waals surface area contributed by atoms with E-state index in [9.17, 15) is 29.7 Å². The van der Waals surface area contributed by atoms with Crippen molar-refractivity contribution in [3.05, 3.63) is 53.6 Å². The number of aliphatic carboxylic acids is 1. The SMILES string of the molecule is C#CCOCCOCCOCCNc1nc(N2CCN(C(=O)[C@H](CCCCN)n3cc(C(N)CO)nn3)CC2)nc(N2CCN(C(=O)[C@H](CCC(=O)O)n3cc(C(N)Cc4ccc(O)cc4)nn3)CC2)n1.Cl. The molecule has 4 aromatic rings. The molecule has 0 radical (unpaired) electrons. The zero-order chi connectivity index (χ0) is 50.5. The molecule has 0 bridgehead atoms. The molecule has 0 saturated carbocycles. The number of phenolic OH excluding ortho intramolecular Hbond substituents is 1. The van der Waals surface area contributed by atoms with Crippen molar-refractivity contribution in [3.63, 3.8) is 0 Å². The Bertz CT molecular complexity index is 2320. The second kappa shape index (κ2) is 29.3. The fraction of sp³-hybridized carbons (Fsp3) is 0.600. The van der Waals surface area contributed by atoms with Gasteiger partial charge in [-0.3, -0.25) is 14.4 Å². The standard InChI is InChI=1S/C45H67N17O9.ClH/c1-2-22-69-24-26-71-27-25-70-23-13-49-43-50-44(59-18-14-57(15-19-59)41(67)38(5-3-4-12-46)61-30-37(54-56-61)35(48)31-63)52-45(51-43)60-20-16-58(17-21-60)42(68)39(10-11-40(65)66)62-29-36(53-55-62)34(47)28-32-6-8-33(64)9-7-32;/h1,6-9,29-30,34-35,38-39,63-64H,3-5,10-28,31,46-48H2,(H,65,66)(H,49,50,51,52);1H/t34?,35?,38-,39-;/m0./s1. The van der Waals surface area contributed by atoms with Crippen LogP contribution in [0.4, 0.5) is 17.8 Å². The van der Waals surface area contributed by atoms with Crippen LogP contribution in [0.3, 0.4) is 0 Å². The summed E-state index contributed by atoms with van der Waals surface area (Å²) in [6.45, 7) is 5.54. The minimum atomic E-state index is -1.05. The summed E-state index contributed by atoms with van der Waals surface area (Å²) in [5, 5.41) is 48.8. The molecule has 0 aliphatic carbocycles. The van der Waals surface area contributed by atoms with Gasteiger partial charge < -0.3 is 71.6 Å². The Morgan fingerprint density at radius 3 is 1.79 bits per heavy atom. The van der Waals surface area contributed by atoms with Gasteiger partial charge in [0.05, 0.1) is 69.8 Å². The van der Waals surface area contributed by atoms with Crippen molar-refractivity contribution in [1.82, 2.24) is 54.7 Å². The highest BCUT2D eigenvalue weighted by molar-refractivity contribution is 5.85. The predicted octanol–water partition coefficient (Wildman–Crippen LogP) is -0.715. The van der Waals surface area contributed by atoms with Gasteiger partial charge in [-0.1, -0.05) is 28.5 Å². The number of anilines is 3. The van der Waals surface area contributed by atoms with Crippen molar-refractivity contribution < 1.29 is 43.9 Å². The number of amides is 2. The zero-order valence-corrected chi connectivity index (χ0v) is 41.2. The van der Waals surface area contributed by atoms with Crippen LogP contribution in [0.25, 0.3) is 0 Å². The Morgan fingerprint density at radius 1 is 0.736 bits per heavy atom. The van der Waals surface area contributed by atoms with Gasteiger partial charge in [0, 0.05) is 65.3 Å². The van der Waals surface area contributed by atoms with Crippen LogP contribution in [0.1, 0.15) is 73.2 Å². The number of benzene rings is 1. The number of phenols is 1. The number of unbranched alkanes of at least 4 members (excludes halogenated alkanes) is 1. The molecule has 2 unspecified atom stereocenters. The number of aromatic hydroxyl groups is 1. The quantitative estimate of drug-likeness (QED) is 0.0261.